The molecule has 1 aliphatic rings. The Balaban J connectivity index is 1.36. The van der Waals surface area contributed by atoms with Crippen LogP contribution in [0.2, 0.25) is 5.15 Å². The van der Waals surface area contributed by atoms with Gasteiger partial charge in [-0.25, -0.2) is 9.97 Å². The number of halogens is 1. The highest BCUT2D eigenvalue weighted by molar-refractivity contribution is 6.29. The van der Waals surface area contributed by atoms with E-state index in [0.29, 0.717) is 17.5 Å². The summed E-state index contributed by atoms with van der Waals surface area (Å²) in [4.78, 5) is 12.1. The molecule has 6 heteroatoms. The van der Waals surface area contributed by atoms with Crippen LogP contribution in [0, 0.1) is 0 Å². The van der Waals surface area contributed by atoms with E-state index in [-0.39, 0.29) is 5.92 Å². The Morgan fingerprint density at radius 1 is 1.03 bits per heavy atom. The summed E-state index contributed by atoms with van der Waals surface area (Å²) < 4.78 is 11.9. The molecule has 0 saturated carbocycles. The van der Waals surface area contributed by atoms with Crippen LogP contribution in [0.25, 0.3) is 11.3 Å². The van der Waals surface area contributed by atoms with Gasteiger partial charge in [0.25, 0.3) is 0 Å². The SMILES string of the molecule is Clc1cc(Oc2ccc3c(c2)CC(c2nc(-c4ccccc4)c[nH]2)CO3)ccn1. The molecule has 29 heavy (non-hydrogen) atoms. The molecule has 0 saturated heterocycles. The van der Waals surface area contributed by atoms with Gasteiger partial charge >= 0.3 is 0 Å². The molecule has 5 rings (SSSR count). The number of imidazole rings is 1. The quantitative estimate of drug-likeness (QED) is 0.448. The highest BCUT2D eigenvalue weighted by Gasteiger charge is 2.24. The molecule has 1 unspecified atom stereocenters. The van der Waals surface area contributed by atoms with Crippen molar-refractivity contribution in [3.8, 4) is 28.5 Å². The first kappa shape index (κ1) is 17.8. The number of rotatable bonds is 4. The number of benzene rings is 2. The van der Waals surface area contributed by atoms with Crippen molar-refractivity contribution in [1.29, 1.82) is 0 Å². The lowest BCUT2D eigenvalue weighted by molar-refractivity contribution is 0.257. The van der Waals surface area contributed by atoms with Gasteiger partial charge in [0.15, 0.2) is 0 Å². The number of pyridine rings is 1. The number of fused-ring (bicyclic) bond motifs is 1. The lowest BCUT2D eigenvalue weighted by Crippen LogP contribution is -2.20. The number of aromatic amines is 1. The predicted molar refractivity (Wildman–Crippen MR) is 112 cm³/mol. The van der Waals surface area contributed by atoms with Crippen LogP contribution in [0.3, 0.4) is 0 Å². The second-order valence-corrected chi connectivity index (χ2v) is 7.32. The first-order valence-corrected chi connectivity index (χ1v) is 9.78. The monoisotopic (exact) mass is 403 g/mol. The summed E-state index contributed by atoms with van der Waals surface area (Å²) >= 11 is 5.94. The summed E-state index contributed by atoms with van der Waals surface area (Å²) in [6.07, 6.45) is 4.40. The van der Waals surface area contributed by atoms with Crippen molar-refractivity contribution in [2.24, 2.45) is 0 Å². The summed E-state index contributed by atoms with van der Waals surface area (Å²) in [5.74, 6) is 3.36. The number of hydrogen-bond acceptors (Lipinski definition) is 4. The molecule has 0 spiro atoms. The van der Waals surface area contributed by atoms with Crippen molar-refractivity contribution in [1.82, 2.24) is 15.0 Å². The van der Waals surface area contributed by atoms with Crippen molar-refractivity contribution in [3.63, 3.8) is 0 Å². The van der Waals surface area contributed by atoms with E-state index in [1.807, 2.05) is 42.6 Å². The van der Waals surface area contributed by atoms with Gasteiger partial charge in [-0.15, -0.1) is 0 Å². The van der Waals surface area contributed by atoms with Crippen LogP contribution in [-0.4, -0.2) is 21.6 Å². The molecule has 5 nitrogen and oxygen atoms in total. The van der Waals surface area contributed by atoms with E-state index in [1.165, 1.54) is 0 Å². The van der Waals surface area contributed by atoms with E-state index in [1.54, 1.807) is 18.3 Å². The predicted octanol–water partition coefficient (Wildman–Crippen LogP) is 5.64. The Labute approximate surface area is 173 Å². The van der Waals surface area contributed by atoms with Gasteiger partial charge in [0.2, 0.25) is 0 Å². The Morgan fingerprint density at radius 3 is 2.76 bits per heavy atom. The van der Waals surface area contributed by atoms with Gasteiger partial charge in [-0.2, -0.15) is 0 Å². The van der Waals surface area contributed by atoms with Crippen LogP contribution in [0.5, 0.6) is 17.2 Å². The summed E-state index contributed by atoms with van der Waals surface area (Å²) in [5, 5.41) is 0.399. The molecule has 3 heterocycles. The summed E-state index contributed by atoms with van der Waals surface area (Å²) in [5.41, 5.74) is 3.13. The topological polar surface area (TPSA) is 60.0 Å². The molecule has 2 aromatic carbocycles. The Morgan fingerprint density at radius 2 is 1.90 bits per heavy atom. The molecule has 1 atom stereocenters. The third-order valence-corrected chi connectivity index (χ3v) is 5.13. The third-order valence-electron chi connectivity index (χ3n) is 4.93. The fraction of sp³-hybridized carbons (Fsp3) is 0.130. The van der Waals surface area contributed by atoms with Crippen LogP contribution in [0.4, 0.5) is 0 Å². The molecule has 0 radical (unpaired) electrons. The number of H-pyrrole nitrogens is 1. The molecule has 144 valence electrons. The largest absolute Gasteiger partial charge is 0.493 e. The first-order chi connectivity index (χ1) is 14.2. The number of hydrogen-bond donors (Lipinski definition) is 1. The summed E-state index contributed by atoms with van der Waals surface area (Å²) in [6.45, 7) is 0.592. The van der Waals surface area contributed by atoms with Gasteiger partial charge in [-0.3, -0.25) is 0 Å². The molecule has 0 aliphatic carbocycles. The van der Waals surface area contributed by atoms with Gasteiger partial charge in [0, 0.05) is 24.0 Å². The van der Waals surface area contributed by atoms with E-state index in [4.69, 9.17) is 26.1 Å². The second-order valence-electron chi connectivity index (χ2n) is 6.93. The molecule has 0 amide bonds. The van der Waals surface area contributed by atoms with Crippen LogP contribution < -0.4 is 9.47 Å². The standard InChI is InChI=1S/C23H18ClN3O2/c24-22-12-19(8-9-25-22)29-18-6-7-21-16(11-18)10-17(14-28-21)23-26-13-20(27-23)15-4-2-1-3-5-15/h1-9,11-13,17H,10,14H2,(H,26,27). The molecular formula is C23H18ClN3O2. The minimum Gasteiger partial charge on any atom is -0.493 e. The van der Waals surface area contributed by atoms with Gasteiger partial charge in [0.1, 0.15) is 28.2 Å². The average molecular weight is 404 g/mol. The van der Waals surface area contributed by atoms with Gasteiger partial charge in [0.05, 0.1) is 18.2 Å². The van der Waals surface area contributed by atoms with Crippen LogP contribution >= 0.6 is 11.6 Å². The second kappa shape index (κ2) is 7.60. The number of ether oxygens (including phenoxy) is 2. The van der Waals surface area contributed by atoms with Gasteiger partial charge in [-0.1, -0.05) is 41.9 Å². The Kier molecular flexibility index (Phi) is 4.66. The average Bonchev–Trinajstić information content (AvgIpc) is 3.24. The zero-order valence-electron chi connectivity index (χ0n) is 15.5. The van der Waals surface area contributed by atoms with Gasteiger partial charge in [-0.05, 0) is 36.2 Å². The lowest BCUT2D eigenvalue weighted by atomic mass is 9.96. The maximum absolute atomic E-state index is 5.98. The molecule has 2 aromatic heterocycles. The van der Waals surface area contributed by atoms with E-state index in [0.717, 1.165) is 40.6 Å². The Bertz CT molecular complexity index is 1140. The van der Waals surface area contributed by atoms with Crippen molar-refractivity contribution in [3.05, 3.63) is 89.6 Å². The smallest absolute Gasteiger partial charge is 0.132 e. The van der Waals surface area contributed by atoms with Crippen LogP contribution in [0.1, 0.15) is 17.3 Å². The Hall–Kier alpha value is -3.31. The van der Waals surface area contributed by atoms with Crippen molar-refractivity contribution < 1.29 is 9.47 Å². The number of nitrogens with one attached hydrogen (secondary N) is 1. The van der Waals surface area contributed by atoms with E-state index < -0.39 is 0 Å². The first-order valence-electron chi connectivity index (χ1n) is 9.40. The molecule has 1 N–H and O–H groups in total. The third kappa shape index (κ3) is 3.82. The number of aromatic nitrogens is 3. The van der Waals surface area contributed by atoms with Crippen molar-refractivity contribution in [2.75, 3.05) is 6.61 Å². The van der Waals surface area contributed by atoms with E-state index >= 15 is 0 Å². The maximum atomic E-state index is 5.98. The highest BCUT2D eigenvalue weighted by atomic mass is 35.5. The van der Waals surface area contributed by atoms with Crippen LogP contribution in [0.15, 0.2) is 73.1 Å². The lowest BCUT2D eigenvalue weighted by Gasteiger charge is -2.24. The fourth-order valence-corrected chi connectivity index (χ4v) is 3.66. The molecule has 0 bridgehead atoms. The van der Waals surface area contributed by atoms with Gasteiger partial charge < -0.3 is 14.5 Å². The fourth-order valence-electron chi connectivity index (χ4n) is 3.50. The maximum Gasteiger partial charge on any atom is 0.132 e. The van der Waals surface area contributed by atoms with Crippen molar-refractivity contribution in [2.45, 2.75) is 12.3 Å². The molecule has 1 aliphatic heterocycles. The zero-order chi connectivity index (χ0) is 19.6. The highest BCUT2D eigenvalue weighted by Crippen LogP contribution is 2.35. The van der Waals surface area contributed by atoms with E-state index in [2.05, 4.69) is 22.1 Å². The minimum absolute atomic E-state index is 0.158. The van der Waals surface area contributed by atoms with Crippen molar-refractivity contribution >= 4 is 11.6 Å². The minimum atomic E-state index is 0.158. The molecule has 0 fully saturated rings. The normalized spacial score (nSPS) is 15.4. The van der Waals surface area contributed by atoms with E-state index in [9.17, 15) is 0 Å². The number of nitrogens with zero attached hydrogens (tertiary/aromatic N) is 2. The van der Waals surface area contributed by atoms with Crippen LogP contribution in [-0.2, 0) is 6.42 Å². The molecular weight excluding hydrogens is 386 g/mol. The summed E-state index contributed by atoms with van der Waals surface area (Å²) in [6, 6.07) is 19.5. The summed E-state index contributed by atoms with van der Waals surface area (Å²) in [7, 11) is 0. The molecule has 4 aromatic rings. The zero-order valence-corrected chi connectivity index (χ0v) is 16.3.